The zero-order chi connectivity index (χ0) is 11.2. The number of rotatable bonds is 1. The van der Waals surface area contributed by atoms with E-state index in [1.165, 1.54) is 0 Å². The number of benzene rings is 1. The SMILES string of the molecule is CC(C)n1c(=O)[nH]c2cc(Cl)c(Cl)cc21. The molecule has 1 heterocycles. The van der Waals surface area contributed by atoms with Gasteiger partial charge in [-0.3, -0.25) is 4.57 Å². The molecule has 1 aromatic heterocycles. The molecule has 0 atom stereocenters. The molecule has 2 aromatic rings. The van der Waals surface area contributed by atoms with E-state index in [1.807, 2.05) is 13.8 Å². The van der Waals surface area contributed by atoms with Crippen molar-refractivity contribution in [3.8, 4) is 0 Å². The van der Waals surface area contributed by atoms with E-state index >= 15 is 0 Å². The molecule has 3 nitrogen and oxygen atoms in total. The summed E-state index contributed by atoms with van der Waals surface area (Å²) in [6, 6.07) is 3.46. The molecule has 0 fully saturated rings. The third kappa shape index (κ3) is 1.66. The average molecular weight is 245 g/mol. The van der Waals surface area contributed by atoms with Crippen LogP contribution >= 0.6 is 23.2 Å². The molecule has 15 heavy (non-hydrogen) atoms. The lowest BCUT2D eigenvalue weighted by Crippen LogP contribution is -2.18. The highest BCUT2D eigenvalue weighted by atomic mass is 35.5. The van der Waals surface area contributed by atoms with Crippen LogP contribution in [0.4, 0.5) is 0 Å². The molecule has 1 aromatic carbocycles. The van der Waals surface area contributed by atoms with Crippen LogP contribution in [0.2, 0.25) is 10.0 Å². The van der Waals surface area contributed by atoms with Crippen molar-refractivity contribution in [2.45, 2.75) is 19.9 Å². The Hall–Kier alpha value is -0.930. The predicted octanol–water partition coefficient (Wildman–Crippen LogP) is 3.22. The van der Waals surface area contributed by atoms with E-state index in [1.54, 1.807) is 16.7 Å². The van der Waals surface area contributed by atoms with Crippen molar-refractivity contribution >= 4 is 34.2 Å². The van der Waals surface area contributed by atoms with Crippen LogP contribution in [0.25, 0.3) is 11.0 Å². The number of fused-ring (bicyclic) bond motifs is 1. The normalized spacial score (nSPS) is 11.5. The second-order valence-electron chi connectivity index (χ2n) is 3.68. The van der Waals surface area contributed by atoms with Gasteiger partial charge in [-0.1, -0.05) is 23.2 Å². The molecule has 0 aliphatic heterocycles. The van der Waals surface area contributed by atoms with Crippen LogP contribution in [0.3, 0.4) is 0 Å². The average Bonchev–Trinajstić information content (AvgIpc) is 2.41. The van der Waals surface area contributed by atoms with Gasteiger partial charge < -0.3 is 4.98 Å². The molecule has 0 unspecified atom stereocenters. The fraction of sp³-hybridized carbons (Fsp3) is 0.300. The fourth-order valence-electron chi connectivity index (χ4n) is 1.63. The monoisotopic (exact) mass is 244 g/mol. The molecule has 1 N–H and O–H groups in total. The smallest absolute Gasteiger partial charge is 0.305 e. The summed E-state index contributed by atoms with van der Waals surface area (Å²) < 4.78 is 1.65. The standard InChI is InChI=1S/C10H10Cl2N2O/c1-5(2)14-9-4-7(12)6(11)3-8(9)13-10(14)15/h3-5H,1-2H3,(H,13,15). The van der Waals surface area contributed by atoms with E-state index in [0.717, 1.165) is 5.52 Å². The van der Waals surface area contributed by atoms with Gasteiger partial charge >= 0.3 is 5.69 Å². The van der Waals surface area contributed by atoms with Crippen LogP contribution in [0.15, 0.2) is 16.9 Å². The molecule has 0 radical (unpaired) electrons. The van der Waals surface area contributed by atoms with Gasteiger partial charge in [-0.2, -0.15) is 0 Å². The first-order valence-electron chi connectivity index (χ1n) is 4.60. The quantitative estimate of drug-likeness (QED) is 0.822. The van der Waals surface area contributed by atoms with Gasteiger partial charge in [0, 0.05) is 6.04 Å². The van der Waals surface area contributed by atoms with Crippen molar-refractivity contribution in [1.29, 1.82) is 0 Å². The van der Waals surface area contributed by atoms with E-state index in [4.69, 9.17) is 23.2 Å². The van der Waals surface area contributed by atoms with Gasteiger partial charge in [-0.05, 0) is 26.0 Å². The van der Waals surface area contributed by atoms with Gasteiger partial charge in [0.1, 0.15) is 0 Å². The van der Waals surface area contributed by atoms with Crippen LogP contribution in [0, 0.1) is 0 Å². The summed E-state index contributed by atoms with van der Waals surface area (Å²) in [5.74, 6) is 0. The van der Waals surface area contributed by atoms with E-state index in [9.17, 15) is 4.79 Å². The number of hydrogen-bond donors (Lipinski definition) is 1. The van der Waals surface area contributed by atoms with Crippen LogP contribution in [0.5, 0.6) is 0 Å². The van der Waals surface area contributed by atoms with E-state index in [-0.39, 0.29) is 11.7 Å². The number of hydrogen-bond acceptors (Lipinski definition) is 1. The van der Waals surface area contributed by atoms with Gasteiger partial charge in [0.2, 0.25) is 0 Å². The molecular weight excluding hydrogens is 235 g/mol. The summed E-state index contributed by atoms with van der Waals surface area (Å²) in [7, 11) is 0. The van der Waals surface area contributed by atoms with E-state index in [0.29, 0.717) is 15.6 Å². The van der Waals surface area contributed by atoms with Crippen molar-refractivity contribution in [3.05, 3.63) is 32.7 Å². The molecule has 0 bridgehead atoms. The Kier molecular flexibility index (Phi) is 2.52. The fourth-order valence-corrected chi connectivity index (χ4v) is 1.95. The number of halogens is 2. The Balaban J connectivity index is 2.88. The van der Waals surface area contributed by atoms with Gasteiger partial charge in [-0.25, -0.2) is 4.79 Å². The first kappa shape index (κ1) is 10.6. The van der Waals surface area contributed by atoms with Crippen molar-refractivity contribution in [2.24, 2.45) is 0 Å². The molecule has 0 saturated heterocycles. The van der Waals surface area contributed by atoms with Crippen LogP contribution in [0.1, 0.15) is 19.9 Å². The minimum Gasteiger partial charge on any atom is -0.305 e. The molecule has 80 valence electrons. The third-order valence-electron chi connectivity index (χ3n) is 2.27. The van der Waals surface area contributed by atoms with Gasteiger partial charge in [-0.15, -0.1) is 0 Å². The Morgan fingerprint density at radius 3 is 2.47 bits per heavy atom. The molecule has 0 saturated carbocycles. The number of aromatic nitrogens is 2. The zero-order valence-electron chi connectivity index (χ0n) is 8.34. The Labute approximate surface area is 96.6 Å². The number of H-pyrrole nitrogens is 1. The highest BCUT2D eigenvalue weighted by Gasteiger charge is 2.11. The predicted molar refractivity (Wildman–Crippen MR) is 63.0 cm³/mol. The lowest BCUT2D eigenvalue weighted by Gasteiger charge is -2.06. The van der Waals surface area contributed by atoms with Gasteiger partial charge in [0.15, 0.2) is 0 Å². The highest BCUT2D eigenvalue weighted by molar-refractivity contribution is 6.42. The maximum absolute atomic E-state index is 11.6. The molecular formula is C10H10Cl2N2O. The molecule has 0 amide bonds. The first-order chi connectivity index (χ1) is 7.00. The molecule has 5 heteroatoms. The topological polar surface area (TPSA) is 37.8 Å². The summed E-state index contributed by atoms with van der Waals surface area (Å²) in [5.41, 5.74) is 1.35. The summed E-state index contributed by atoms with van der Waals surface area (Å²) in [4.78, 5) is 14.4. The van der Waals surface area contributed by atoms with E-state index < -0.39 is 0 Å². The minimum absolute atomic E-state index is 0.0866. The Morgan fingerprint density at radius 2 is 1.87 bits per heavy atom. The molecule has 2 rings (SSSR count). The summed E-state index contributed by atoms with van der Waals surface area (Å²) >= 11 is 11.8. The minimum atomic E-state index is -0.140. The number of nitrogens with zero attached hydrogens (tertiary/aromatic N) is 1. The molecule has 0 aliphatic rings. The largest absolute Gasteiger partial charge is 0.326 e. The van der Waals surface area contributed by atoms with Crippen LogP contribution < -0.4 is 5.69 Å². The third-order valence-corrected chi connectivity index (χ3v) is 3.00. The summed E-state index contributed by atoms with van der Waals surface area (Å²) in [6.07, 6.45) is 0. The zero-order valence-corrected chi connectivity index (χ0v) is 9.86. The summed E-state index contributed by atoms with van der Waals surface area (Å²) in [6.45, 7) is 3.88. The Bertz CT molecular complexity index is 569. The number of imidazole rings is 1. The number of aromatic amines is 1. The maximum atomic E-state index is 11.6. The van der Waals surface area contributed by atoms with E-state index in [2.05, 4.69) is 4.98 Å². The van der Waals surface area contributed by atoms with Gasteiger partial charge in [0.25, 0.3) is 0 Å². The van der Waals surface area contributed by atoms with Crippen molar-refractivity contribution < 1.29 is 0 Å². The Morgan fingerprint density at radius 1 is 1.27 bits per heavy atom. The van der Waals surface area contributed by atoms with Crippen molar-refractivity contribution in [3.63, 3.8) is 0 Å². The van der Waals surface area contributed by atoms with Crippen LogP contribution in [-0.2, 0) is 0 Å². The maximum Gasteiger partial charge on any atom is 0.326 e. The molecule has 0 spiro atoms. The lowest BCUT2D eigenvalue weighted by atomic mass is 10.3. The summed E-state index contributed by atoms with van der Waals surface area (Å²) in [5, 5.41) is 0.902. The van der Waals surface area contributed by atoms with Crippen LogP contribution in [-0.4, -0.2) is 9.55 Å². The van der Waals surface area contributed by atoms with Crippen molar-refractivity contribution in [1.82, 2.24) is 9.55 Å². The second-order valence-corrected chi connectivity index (χ2v) is 4.49. The molecule has 0 aliphatic carbocycles. The second kappa shape index (κ2) is 3.58. The lowest BCUT2D eigenvalue weighted by molar-refractivity contribution is 0.598. The first-order valence-corrected chi connectivity index (χ1v) is 5.35. The highest BCUT2D eigenvalue weighted by Crippen LogP contribution is 2.27. The van der Waals surface area contributed by atoms with Gasteiger partial charge in [0.05, 0.1) is 21.1 Å². The number of nitrogens with one attached hydrogen (secondary N) is 1. The van der Waals surface area contributed by atoms with Crippen molar-refractivity contribution in [2.75, 3.05) is 0 Å².